The van der Waals surface area contributed by atoms with E-state index in [1.165, 1.54) is 27.1 Å². The molecule has 1 aromatic heterocycles. The Kier molecular flexibility index (Phi) is 3.84. The molecule has 8 heteroatoms. The molecule has 1 atom stereocenters. The van der Waals surface area contributed by atoms with Crippen molar-refractivity contribution in [3.8, 4) is 0 Å². The van der Waals surface area contributed by atoms with Crippen LogP contribution in [0.25, 0.3) is 11.1 Å². The lowest BCUT2D eigenvalue weighted by Crippen LogP contribution is -2.48. The molecule has 0 saturated carbocycles. The summed E-state index contributed by atoms with van der Waals surface area (Å²) in [7, 11) is -2.08. The summed E-state index contributed by atoms with van der Waals surface area (Å²) >= 11 is 0. The molecule has 0 aliphatic carbocycles. The highest BCUT2D eigenvalue weighted by atomic mass is 32.2. The van der Waals surface area contributed by atoms with Gasteiger partial charge in [0.05, 0.1) is 23.6 Å². The first-order valence-electron chi connectivity index (χ1n) is 7.14. The van der Waals surface area contributed by atoms with E-state index < -0.39 is 15.8 Å². The molecule has 3 rings (SSSR count). The number of hydrogen-bond acceptors (Lipinski definition) is 5. The summed E-state index contributed by atoms with van der Waals surface area (Å²) in [6.45, 7) is 3.07. The van der Waals surface area contributed by atoms with Crippen LogP contribution in [0.15, 0.2) is 32.3 Å². The molecule has 7 nitrogen and oxygen atoms in total. The van der Waals surface area contributed by atoms with Crippen LogP contribution < -0.4 is 5.76 Å². The topological polar surface area (TPSA) is 81.8 Å². The van der Waals surface area contributed by atoms with E-state index in [1.807, 2.05) is 6.92 Å². The van der Waals surface area contributed by atoms with Crippen molar-refractivity contribution >= 4 is 21.1 Å². The Morgan fingerprint density at radius 3 is 2.86 bits per heavy atom. The first-order chi connectivity index (χ1) is 10.4. The number of morpholine rings is 1. The zero-order valence-corrected chi connectivity index (χ0v) is 13.3. The van der Waals surface area contributed by atoms with E-state index in [-0.39, 0.29) is 10.9 Å². The highest BCUT2D eigenvalue weighted by molar-refractivity contribution is 7.89. The first-order valence-corrected chi connectivity index (χ1v) is 8.58. The molecule has 2 heterocycles. The monoisotopic (exact) mass is 326 g/mol. The Morgan fingerprint density at radius 2 is 2.14 bits per heavy atom. The van der Waals surface area contributed by atoms with Gasteiger partial charge in [0, 0.05) is 19.6 Å². The minimum atomic E-state index is -3.63. The van der Waals surface area contributed by atoms with Crippen molar-refractivity contribution < 1.29 is 17.6 Å². The first kappa shape index (κ1) is 15.3. The average molecular weight is 326 g/mol. The number of aromatic nitrogens is 1. The largest absolute Gasteiger partial charge is 0.419 e. The highest BCUT2D eigenvalue weighted by Gasteiger charge is 2.33. The molecule has 0 radical (unpaired) electrons. The van der Waals surface area contributed by atoms with Gasteiger partial charge in [0.2, 0.25) is 10.0 Å². The fraction of sp³-hybridized carbons (Fsp3) is 0.500. The van der Waals surface area contributed by atoms with Crippen molar-refractivity contribution in [2.75, 3.05) is 19.8 Å². The van der Waals surface area contributed by atoms with E-state index in [4.69, 9.17) is 9.15 Å². The fourth-order valence-corrected chi connectivity index (χ4v) is 4.37. The summed E-state index contributed by atoms with van der Waals surface area (Å²) in [6, 6.07) is 4.31. The molecule has 0 bridgehead atoms. The molecule has 2 aromatic rings. The Balaban J connectivity index is 2.08. The standard InChI is InChI=1S/C14H18N2O5S/c1-3-10-9-20-7-6-16(10)22(18,19)11-4-5-13-12(8-11)15(2)14(17)21-13/h4-5,8,10H,3,6-7,9H2,1-2H3/t10-/m0/s1. The maximum Gasteiger partial charge on any atom is 0.419 e. The molecular weight excluding hydrogens is 308 g/mol. The van der Waals surface area contributed by atoms with Gasteiger partial charge in [0.15, 0.2) is 5.58 Å². The molecule has 120 valence electrons. The van der Waals surface area contributed by atoms with Crippen molar-refractivity contribution in [1.82, 2.24) is 8.87 Å². The zero-order chi connectivity index (χ0) is 15.9. The number of aryl methyl sites for hydroxylation is 1. The number of ether oxygens (including phenoxy) is 1. The van der Waals surface area contributed by atoms with Gasteiger partial charge in [0.1, 0.15) is 0 Å². The quantitative estimate of drug-likeness (QED) is 0.838. The Labute approximate surface area is 128 Å². The Bertz CT molecular complexity index is 852. The van der Waals surface area contributed by atoms with Crippen LogP contribution in [0.2, 0.25) is 0 Å². The Hall–Kier alpha value is -1.64. The lowest BCUT2D eigenvalue weighted by atomic mass is 10.2. The zero-order valence-electron chi connectivity index (χ0n) is 12.5. The predicted octanol–water partition coefficient (Wildman–Crippen LogP) is 0.931. The van der Waals surface area contributed by atoms with Crippen LogP contribution in [-0.4, -0.2) is 43.1 Å². The Morgan fingerprint density at radius 1 is 1.36 bits per heavy atom. The van der Waals surface area contributed by atoms with Gasteiger partial charge in [0.25, 0.3) is 0 Å². The summed E-state index contributed by atoms with van der Waals surface area (Å²) in [5.41, 5.74) is 0.841. The van der Waals surface area contributed by atoms with Crippen molar-refractivity contribution in [3.63, 3.8) is 0 Å². The summed E-state index contributed by atoms with van der Waals surface area (Å²) in [5, 5.41) is 0. The third kappa shape index (κ3) is 2.37. The van der Waals surface area contributed by atoms with Crippen LogP contribution in [-0.2, 0) is 21.8 Å². The maximum atomic E-state index is 12.9. The van der Waals surface area contributed by atoms with E-state index in [9.17, 15) is 13.2 Å². The summed E-state index contributed by atoms with van der Waals surface area (Å²) in [4.78, 5) is 11.7. The molecule has 0 N–H and O–H groups in total. The van der Waals surface area contributed by atoms with Crippen LogP contribution in [0.5, 0.6) is 0 Å². The second kappa shape index (κ2) is 5.53. The molecule has 1 aliphatic rings. The van der Waals surface area contributed by atoms with Gasteiger partial charge in [-0.15, -0.1) is 0 Å². The van der Waals surface area contributed by atoms with Gasteiger partial charge in [-0.1, -0.05) is 6.92 Å². The van der Waals surface area contributed by atoms with Gasteiger partial charge in [-0.2, -0.15) is 4.31 Å². The van der Waals surface area contributed by atoms with E-state index in [0.717, 1.165) is 0 Å². The van der Waals surface area contributed by atoms with Crippen molar-refractivity contribution in [1.29, 1.82) is 0 Å². The lowest BCUT2D eigenvalue weighted by Gasteiger charge is -2.33. The maximum absolute atomic E-state index is 12.9. The second-order valence-electron chi connectivity index (χ2n) is 5.31. The normalized spacial score (nSPS) is 20.5. The molecular formula is C14H18N2O5S. The fourth-order valence-electron chi connectivity index (χ4n) is 2.68. The predicted molar refractivity (Wildman–Crippen MR) is 80.2 cm³/mol. The van der Waals surface area contributed by atoms with Crippen molar-refractivity contribution in [3.05, 3.63) is 28.7 Å². The third-order valence-electron chi connectivity index (χ3n) is 4.01. The molecule has 0 unspecified atom stereocenters. The number of sulfonamides is 1. The van der Waals surface area contributed by atoms with Crippen LogP contribution in [0, 0.1) is 0 Å². The van der Waals surface area contributed by atoms with Gasteiger partial charge in [-0.25, -0.2) is 13.2 Å². The van der Waals surface area contributed by atoms with Crippen LogP contribution in [0.3, 0.4) is 0 Å². The van der Waals surface area contributed by atoms with Crippen LogP contribution in [0.4, 0.5) is 0 Å². The van der Waals surface area contributed by atoms with Crippen molar-refractivity contribution in [2.45, 2.75) is 24.3 Å². The van der Waals surface area contributed by atoms with Gasteiger partial charge in [-0.05, 0) is 24.6 Å². The second-order valence-corrected chi connectivity index (χ2v) is 7.20. The molecule has 0 amide bonds. The number of oxazole rings is 1. The van der Waals surface area contributed by atoms with E-state index in [2.05, 4.69) is 0 Å². The molecule has 1 fully saturated rings. The molecule has 1 saturated heterocycles. The smallest absolute Gasteiger partial charge is 0.408 e. The minimum Gasteiger partial charge on any atom is -0.408 e. The SMILES string of the molecule is CC[C@H]1COCCN1S(=O)(=O)c1ccc2oc(=O)n(C)c2c1. The van der Waals surface area contributed by atoms with E-state index in [1.54, 1.807) is 7.05 Å². The van der Waals surface area contributed by atoms with Gasteiger partial charge < -0.3 is 9.15 Å². The molecule has 1 aromatic carbocycles. The number of rotatable bonds is 3. The lowest BCUT2D eigenvalue weighted by molar-refractivity contribution is 0.0314. The number of fused-ring (bicyclic) bond motifs is 1. The molecule has 0 spiro atoms. The molecule has 1 aliphatic heterocycles. The van der Waals surface area contributed by atoms with Crippen molar-refractivity contribution in [2.24, 2.45) is 7.05 Å². The van der Waals surface area contributed by atoms with Crippen LogP contribution in [0.1, 0.15) is 13.3 Å². The van der Waals surface area contributed by atoms with E-state index in [0.29, 0.717) is 37.3 Å². The van der Waals surface area contributed by atoms with Gasteiger partial charge >= 0.3 is 5.76 Å². The van der Waals surface area contributed by atoms with E-state index >= 15 is 0 Å². The highest BCUT2D eigenvalue weighted by Crippen LogP contribution is 2.24. The third-order valence-corrected chi connectivity index (χ3v) is 5.96. The summed E-state index contributed by atoms with van der Waals surface area (Å²) in [6.07, 6.45) is 0.686. The minimum absolute atomic E-state index is 0.164. The molecule has 22 heavy (non-hydrogen) atoms. The number of hydrogen-bond donors (Lipinski definition) is 0. The number of benzene rings is 1. The summed E-state index contributed by atoms with van der Waals surface area (Å²) < 4.78 is 38.9. The van der Waals surface area contributed by atoms with Crippen LogP contribution >= 0.6 is 0 Å². The number of nitrogens with zero attached hydrogens (tertiary/aromatic N) is 2. The summed E-state index contributed by atoms with van der Waals surface area (Å²) in [5.74, 6) is -0.512. The van der Waals surface area contributed by atoms with Gasteiger partial charge in [-0.3, -0.25) is 4.57 Å². The average Bonchev–Trinajstić information content (AvgIpc) is 2.81.